The Bertz CT molecular complexity index is 196. The van der Waals surface area contributed by atoms with Crippen LogP contribution in [0.4, 0.5) is 0 Å². The third-order valence-corrected chi connectivity index (χ3v) is 3.87. The van der Waals surface area contributed by atoms with Crippen LogP contribution in [0.3, 0.4) is 0 Å². The Labute approximate surface area is 99.8 Å². The smallest absolute Gasteiger partial charge is 0.0575 e. The highest BCUT2D eigenvalue weighted by Gasteiger charge is 2.29. The topological polar surface area (TPSA) is 32.7 Å². The first-order valence-electron chi connectivity index (χ1n) is 6.35. The summed E-state index contributed by atoms with van der Waals surface area (Å²) in [5, 5.41) is 9.70. The number of nitrogens with zero attached hydrogens (tertiary/aromatic N) is 1. The quantitative estimate of drug-likeness (QED) is 0.779. The maximum absolute atomic E-state index is 9.70. The molecule has 1 saturated heterocycles. The molecule has 0 saturated carbocycles. The van der Waals surface area contributed by atoms with Gasteiger partial charge in [0, 0.05) is 25.7 Å². The first-order chi connectivity index (χ1) is 7.45. The Balaban J connectivity index is 2.32. The van der Waals surface area contributed by atoms with E-state index in [-0.39, 0.29) is 11.5 Å². The molecule has 1 aliphatic heterocycles. The molecule has 1 atom stereocenters. The molecule has 3 nitrogen and oxygen atoms in total. The summed E-state index contributed by atoms with van der Waals surface area (Å²) in [6.07, 6.45) is 2.21. The fraction of sp³-hybridized carbons (Fsp3) is 1.00. The van der Waals surface area contributed by atoms with Crippen LogP contribution in [-0.2, 0) is 4.74 Å². The van der Waals surface area contributed by atoms with Gasteiger partial charge in [0.25, 0.3) is 0 Å². The van der Waals surface area contributed by atoms with Crippen molar-refractivity contribution in [3.8, 4) is 0 Å². The van der Waals surface area contributed by atoms with E-state index in [1.165, 1.54) is 12.8 Å². The van der Waals surface area contributed by atoms with Gasteiger partial charge in [0.1, 0.15) is 0 Å². The lowest BCUT2D eigenvalue weighted by Gasteiger charge is -2.38. The lowest BCUT2D eigenvalue weighted by molar-refractivity contribution is 0.0188. The zero-order valence-corrected chi connectivity index (χ0v) is 11.2. The summed E-state index contributed by atoms with van der Waals surface area (Å²) in [5.74, 6) is 0.732. The van der Waals surface area contributed by atoms with Gasteiger partial charge in [0.15, 0.2) is 0 Å². The molecule has 16 heavy (non-hydrogen) atoms. The Morgan fingerprint density at radius 3 is 2.38 bits per heavy atom. The van der Waals surface area contributed by atoms with E-state index in [9.17, 15) is 5.11 Å². The van der Waals surface area contributed by atoms with Gasteiger partial charge >= 0.3 is 0 Å². The third kappa shape index (κ3) is 4.04. The number of likely N-dealkylation sites (tertiary alicyclic amines) is 1. The van der Waals surface area contributed by atoms with Gasteiger partial charge in [-0.1, -0.05) is 13.8 Å². The molecule has 96 valence electrons. The van der Waals surface area contributed by atoms with E-state index in [0.29, 0.717) is 0 Å². The second kappa shape index (κ2) is 5.99. The molecule has 1 rings (SSSR count). The molecule has 1 fully saturated rings. The Morgan fingerprint density at radius 1 is 1.38 bits per heavy atom. The van der Waals surface area contributed by atoms with Crippen molar-refractivity contribution in [2.24, 2.45) is 11.3 Å². The molecule has 0 amide bonds. The zero-order chi connectivity index (χ0) is 12.2. The molecule has 3 heteroatoms. The fourth-order valence-electron chi connectivity index (χ4n) is 2.26. The van der Waals surface area contributed by atoms with Crippen LogP contribution in [0.2, 0.25) is 0 Å². The second-order valence-corrected chi connectivity index (χ2v) is 5.84. The first kappa shape index (κ1) is 13.9. The summed E-state index contributed by atoms with van der Waals surface area (Å²) in [7, 11) is 1.78. The van der Waals surface area contributed by atoms with Crippen molar-refractivity contribution < 1.29 is 9.84 Å². The minimum Gasteiger partial charge on any atom is -0.393 e. The van der Waals surface area contributed by atoms with Gasteiger partial charge in [-0.25, -0.2) is 0 Å². The molecular formula is C13H27NO2. The van der Waals surface area contributed by atoms with E-state index in [4.69, 9.17) is 4.74 Å². The van der Waals surface area contributed by atoms with Gasteiger partial charge < -0.3 is 14.7 Å². The predicted molar refractivity (Wildman–Crippen MR) is 66.5 cm³/mol. The van der Waals surface area contributed by atoms with E-state index < -0.39 is 0 Å². The normalized spacial score (nSPS) is 22.3. The van der Waals surface area contributed by atoms with E-state index >= 15 is 0 Å². The maximum atomic E-state index is 9.70. The molecule has 0 bridgehead atoms. The Kier molecular flexibility index (Phi) is 5.22. The SMILES string of the molecule is COCC1CCN(CC(C)(C)C(C)O)CC1. The largest absolute Gasteiger partial charge is 0.393 e. The summed E-state index contributed by atoms with van der Waals surface area (Å²) in [6.45, 7) is 10.3. The summed E-state index contributed by atoms with van der Waals surface area (Å²) in [5.41, 5.74) is -0.00586. The highest BCUT2D eigenvalue weighted by molar-refractivity contribution is 4.81. The number of piperidine rings is 1. The summed E-state index contributed by atoms with van der Waals surface area (Å²) in [6, 6.07) is 0. The van der Waals surface area contributed by atoms with Crippen LogP contribution in [0.25, 0.3) is 0 Å². The molecule has 0 aromatic carbocycles. The van der Waals surface area contributed by atoms with Gasteiger partial charge in [-0.3, -0.25) is 0 Å². The zero-order valence-electron chi connectivity index (χ0n) is 11.2. The van der Waals surface area contributed by atoms with E-state index in [1.807, 2.05) is 6.92 Å². The molecular weight excluding hydrogens is 202 g/mol. The molecule has 1 N–H and O–H groups in total. The van der Waals surface area contributed by atoms with Crippen molar-refractivity contribution in [3.63, 3.8) is 0 Å². The van der Waals surface area contributed by atoms with Crippen molar-refractivity contribution in [1.82, 2.24) is 4.90 Å². The van der Waals surface area contributed by atoms with Gasteiger partial charge in [-0.15, -0.1) is 0 Å². The Morgan fingerprint density at radius 2 is 1.94 bits per heavy atom. The molecule has 0 aromatic rings. The molecule has 0 spiro atoms. The maximum Gasteiger partial charge on any atom is 0.0575 e. The van der Waals surface area contributed by atoms with Crippen LogP contribution < -0.4 is 0 Å². The van der Waals surface area contributed by atoms with Crippen molar-refractivity contribution in [1.29, 1.82) is 0 Å². The number of hydrogen-bond acceptors (Lipinski definition) is 3. The van der Waals surface area contributed by atoms with Gasteiger partial charge in [-0.2, -0.15) is 0 Å². The molecule has 1 aliphatic rings. The van der Waals surface area contributed by atoms with Crippen molar-refractivity contribution >= 4 is 0 Å². The van der Waals surface area contributed by atoms with Gasteiger partial charge in [0.2, 0.25) is 0 Å². The van der Waals surface area contributed by atoms with Crippen LogP contribution in [0.1, 0.15) is 33.6 Å². The number of aliphatic hydroxyl groups excluding tert-OH is 1. The van der Waals surface area contributed by atoms with Crippen LogP contribution in [0.15, 0.2) is 0 Å². The highest BCUT2D eigenvalue weighted by Crippen LogP contribution is 2.25. The van der Waals surface area contributed by atoms with E-state index in [1.54, 1.807) is 7.11 Å². The van der Waals surface area contributed by atoms with Crippen LogP contribution in [-0.4, -0.2) is 49.5 Å². The lowest BCUT2D eigenvalue weighted by atomic mass is 9.85. The number of aliphatic hydroxyl groups is 1. The fourth-order valence-corrected chi connectivity index (χ4v) is 2.26. The predicted octanol–water partition coefficient (Wildman–Crippen LogP) is 1.75. The molecule has 1 heterocycles. The number of hydrogen-bond donors (Lipinski definition) is 1. The van der Waals surface area contributed by atoms with Gasteiger partial charge in [-0.05, 0) is 38.8 Å². The van der Waals surface area contributed by atoms with Crippen LogP contribution in [0, 0.1) is 11.3 Å². The number of ether oxygens (including phenoxy) is 1. The van der Waals surface area contributed by atoms with Crippen molar-refractivity contribution in [2.75, 3.05) is 33.4 Å². The van der Waals surface area contributed by atoms with E-state index in [0.717, 1.165) is 32.2 Å². The highest BCUT2D eigenvalue weighted by atomic mass is 16.5. The molecule has 0 aliphatic carbocycles. The summed E-state index contributed by atoms with van der Waals surface area (Å²) in [4.78, 5) is 2.47. The van der Waals surface area contributed by atoms with E-state index in [2.05, 4.69) is 18.7 Å². The number of methoxy groups -OCH3 is 1. The lowest BCUT2D eigenvalue weighted by Crippen LogP contribution is -2.44. The van der Waals surface area contributed by atoms with Crippen LogP contribution >= 0.6 is 0 Å². The van der Waals surface area contributed by atoms with Gasteiger partial charge in [0.05, 0.1) is 6.10 Å². The summed E-state index contributed by atoms with van der Waals surface area (Å²) >= 11 is 0. The van der Waals surface area contributed by atoms with Crippen molar-refractivity contribution in [3.05, 3.63) is 0 Å². The Hall–Kier alpha value is -0.120. The molecule has 1 unspecified atom stereocenters. The average Bonchev–Trinajstić information content (AvgIpc) is 2.21. The summed E-state index contributed by atoms with van der Waals surface area (Å²) < 4.78 is 5.20. The second-order valence-electron chi connectivity index (χ2n) is 5.84. The first-order valence-corrected chi connectivity index (χ1v) is 6.35. The third-order valence-electron chi connectivity index (χ3n) is 3.87. The monoisotopic (exact) mass is 229 g/mol. The standard InChI is InChI=1S/C13H27NO2/c1-11(15)13(2,3)10-14-7-5-12(6-8-14)9-16-4/h11-12,15H,5-10H2,1-4H3. The number of rotatable bonds is 5. The molecule has 0 aromatic heterocycles. The molecule has 0 radical (unpaired) electrons. The minimum absolute atomic E-state index is 0.00586. The average molecular weight is 229 g/mol. The van der Waals surface area contributed by atoms with Crippen molar-refractivity contribution in [2.45, 2.75) is 39.7 Å². The minimum atomic E-state index is -0.246. The van der Waals surface area contributed by atoms with Crippen LogP contribution in [0.5, 0.6) is 0 Å².